The Morgan fingerprint density at radius 1 is 1.15 bits per heavy atom. The van der Waals surface area contributed by atoms with Gasteiger partial charge in [-0.15, -0.1) is 0 Å². The molecule has 0 aliphatic carbocycles. The van der Waals surface area contributed by atoms with Gasteiger partial charge in [0.25, 0.3) is 5.91 Å². The standard InChI is InChI=1S/C18H10F4N4O/c19-13-4-5-15(11(8-13)10-23)24-17(27)16-6-7-26(25-16)14-3-1-2-12(9-14)18(20,21)22/h1-9H,(H,24,27). The average Bonchev–Trinajstić information content (AvgIpc) is 3.13. The van der Waals surface area contributed by atoms with E-state index < -0.39 is 23.5 Å². The van der Waals surface area contributed by atoms with Gasteiger partial charge in [-0.2, -0.15) is 23.5 Å². The molecule has 0 fully saturated rings. The summed E-state index contributed by atoms with van der Waals surface area (Å²) in [6.45, 7) is 0. The summed E-state index contributed by atoms with van der Waals surface area (Å²) in [5.74, 6) is -1.32. The highest BCUT2D eigenvalue weighted by molar-refractivity contribution is 6.03. The van der Waals surface area contributed by atoms with Gasteiger partial charge in [0.2, 0.25) is 0 Å². The van der Waals surface area contributed by atoms with Crippen molar-refractivity contribution in [1.82, 2.24) is 9.78 Å². The number of halogens is 4. The molecule has 27 heavy (non-hydrogen) atoms. The quantitative estimate of drug-likeness (QED) is 0.700. The van der Waals surface area contributed by atoms with Crippen molar-refractivity contribution in [3.05, 3.63) is 77.4 Å². The molecule has 0 saturated carbocycles. The van der Waals surface area contributed by atoms with E-state index in [1.165, 1.54) is 30.5 Å². The Kier molecular flexibility index (Phi) is 4.64. The SMILES string of the molecule is N#Cc1cc(F)ccc1NC(=O)c1ccn(-c2cccc(C(F)(F)F)c2)n1. The summed E-state index contributed by atoms with van der Waals surface area (Å²) in [6, 6.07) is 10.8. The topological polar surface area (TPSA) is 70.7 Å². The van der Waals surface area contributed by atoms with Crippen LogP contribution in [0.2, 0.25) is 0 Å². The molecule has 0 spiro atoms. The molecule has 0 saturated heterocycles. The van der Waals surface area contributed by atoms with Gasteiger partial charge in [-0.05, 0) is 42.5 Å². The van der Waals surface area contributed by atoms with E-state index in [-0.39, 0.29) is 22.6 Å². The Morgan fingerprint density at radius 2 is 1.93 bits per heavy atom. The van der Waals surface area contributed by atoms with E-state index in [1.807, 2.05) is 0 Å². The van der Waals surface area contributed by atoms with Crippen LogP contribution in [0.4, 0.5) is 23.2 Å². The molecule has 136 valence electrons. The fraction of sp³-hybridized carbons (Fsp3) is 0.0556. The van der Waals surface area contributed by atoms with Gasteiger partial charge in [0.1, 0.15) is 11.9 Å². The third-order valence-electron chi connectivity index (χ3n) is 3.61. The molecular formula is C18H10F4N4O. The molecule has 0 aliphatic heterocycles. The van der Waals surface area contributed by atoms with Gasteiger partial charge >= 0.3 is 6.18 Å². The van der Waals surface area contributed by atoms with Gasteiger partial charge in [-0.3, -0.25) is 4.79 Å². The zero-order valence-corrected chi connectivity index (χ0v) is 13.5. The van der Waals surface area contributed by atoms with Gasteiger partial charge in [-0.25, -0.2) is 9.07 Å². The van der Waals surface area contributed by atoms with Crippen LogP contribution in [-0.4, -0.2) is 15.7 Å². The van der Waals surface area contributed by atoms with Crippen molar-refractivity contribution < 1.29 is 22.4 Å². The van der Waals surface area contributed by atoms with Crippen molar-refractivity contribution >= 4 is 11.6 Å². The van der Waals surface area contributed by atoms with Crippen LogP contribution >= 0.6 is 0 Å². The fourth-order valence-corrected chi connectivity index (χ4v) is 2.32. The van der Waals surface area contributed by atoms with E-state index in [1.54, 1.807) is 6.07 Å². The van der Waals surface area contributed by atoms with Crippen LogP contribution in [-0.2, 0) is 6.18 Å². The summed E-state index contributed by atoms with van der Waals surface area (Å²) in [5.41, 5.74) is -0.770. The number of hydrogen-bond acceptors (Lipinski definition) is 3. The van der Waals surface area contributed by atoms with Crippen molar-refractivity contribution in [3.8, 4) is 11.8 Å². The lowest BCUT2D eigenvalue weighted by Gasteiger charge is -2.08. The molecule has 1 amide bonds. The second kappa shape index (κ2) is 6.92. The van der Waals surface area contributed by atoms with Gasteiger partial charge < -0.3 is 5.32 Å². The number of hydrogen-bond donors (Lipinski definition) is 1. The maximum Gasteiger partial charge on any atom is 0.416 e. The number of carbonyl (C=O) groups excluding carboxylic acids is 1. The Balaban J connectivity index is 1.84. The zero-order valence-electron chi connectivity index (χ0n) is 13.5. The number of alkyl halides is 3. The Bertz CT molecular complexity index is 1050. The predicted molar refractivity (Wildman–Crippen MR) is 87.6 cm³/mol. The van der Waals surface area contributed by atoms with Gasteiger partial charge in [0.15, 0.2) is 5.69 Å². The highest BCUT2D eigenvalue weighted by atomic mass is 19.4. The molecule has 1 aromatic heterocycles. The lowest BCUT2D eigenvalue weighted by atomic mass is 10.2. The van der Waals surface area contributed by atoms with Crippen LogP contribution < -0.4 is 5.32 Å². The minimum Gasteiger partial charge on any atom is -0.319 e. The lowest BCUT2D eigenvalue weighted by molar-refractivity contribution is -0.137. The number of nitriles is 1. The minimum absolute atomic E-state index is 0.0688. The molecule has 0 atom stereocenters. The van der Waals surface area contributed by atoms with E-state index in [0.717, 1.165) is 28.9 Å². The van der Waals surface area contributed by atoms with Gasteiger partial charge in [0.05, 0.1) is 22.5 Å². The molecule has 0 unspecified atom stereocenters. The van der Waals surface area contributed by atoms with Crippen molar-refractivity contribution in [3.63, 3.8) is 0 Å². The lowest BCUT2D eigenvalue weighted by Crippen LogP contribution is -2.14. The Morgan fingerprint density at radius 3 is 2.63 bits per heavy atom. The van der Waals surface area contributed by atoms with E-state index >= 15 is 0 Å². The highest BCUT2D eigenvalue weighted by Crippen LogP contribution is 2.30. The molecule has 3 rings (SSSR count). The second-order valence-electron chi connectivity index (χ2n) is 5.45. The van der Waals surface area contributed by atoms with Crippen LogP contribution in [0, 0.1) is 17.1 Å². The molecule has 0 aliphatic rings. The van der Waals surface area contributed by atoms with Crippen LogP contribution in [0.15, 0.2) is 54.7 Å². The number of rotatable bonds is 3. The van der Waals surface area contributed by atoms with E-state index in [9.17, 15) is 22.4 Å². The first-order valence-corrected chi connectivity index (χ1v) is 7.52. The third-order valence-corrected chi connectivity index (χ3v) is 3.61. The molecule has 1 N–H and O–H groups in total. The number of anilines is 1. The van der Waals surface area contributed by atoms with E-state index in [0.29, 0.717) is 0 Å². The molecule has 3 aromatic rings. The zero-order chi connectivity index (χ0) is 19.6. The summed E-state index contributed by atoms with van der Waals surface area (Å²) < 4.78 is 52.7. The van der Waals surface area contributed by atoms with E-state index in [2.05, 4.69) is 10.4 Å². The highest BCUT2D eigenvalue weighted by Gasteiger charge is 2.30. The first kappa shape index (κ1) is 18.1. The molecule has 0 radical (unpaired) electrons. The largest absolute Gasteiger partial charge is 0.416 e. The van der Waals surface area contributed by atoms with Crippen LogP contribution in [0.5, 0.6) is 0 Å². The third kappa shape index (κ3) is 3.95. The van der Waals surface area contributed by atoms with E-state index in [4.69, 9.17) is 5.26 Å². The monoisotopic (exact) mass is 374 g/mol. The summed E-state index contributed by atoms with van der Waals surface area (Å²) in [5, 5.41) is 15.4. The van der Waals surface area contributed by atoms with Crippen LogP contribution in [0.3, 0.4) is 0 Å². The summed E-state index contributed by atoms with van der Waals surface area (Å²) in [6.07, 6.45) is -3.17. The van der Waals surface area contributed by atoms with Crippen LogP contribution in [0.25, 0.3) is 5.69 Å². The molecule has 2 aromatic carbocycles. The average molecular weight is 374 g/mol. The van der Waals surface area contributed by atoms with Crippen molar-refractivity contribution in [1.29, 1.82) is 5.26 Å². The summed E-state index contributed by atoms with van der Waals surface area (Å²) >= 11 is 0. The minimum atomic E-state index is -4.50. The van der Waals surface area contributed by atoms with Gasteiger partial charge in [-0.1, -0.05) is 6.07 Å². The second-order valence-corrected chi connectivity index (χ2v) is 5.45. The van der Waals surface area contributed by atoms with Crippen LogP contribution in [0.1, 0.15) is 21.6 Å². The maximum atomic E-state index is 13.1. The number of carbonyl (C=O) groups is 1. The first-order valence-electron chi connectivity index (χ1n) is 7.52. The first-order chi connectivity index (χ1) is 12.8. The number of amides is 1. The van der Waals surface area contributed by atoms with Crippen molar-refractivity contribution in [2.24, 2.45) is 0 Å². The number of nitrogens with one attached hydrogen (secondary N) is 1. The van der Waals surface area contributed by atoms with Gasteiger partial charge in [0, 0.05) is 6.20 Å². The number of benzene rings is 2. The van der Waals surface area contributed by atoms with Crippen molar-refractivity contribution in [2.45, 2.75) is 6.18 Å². The summed E-state index contributed by atoms with van der Waals surface area (Å²) in [4.78, 5) is 12.3. The molecule has 0 bridgehead atoms. The Hall–Kier alpha value is -3.67. The van der Waals surface area contributed by atoms with Crippen molar-refractivity contribution in [2.75, 3.05) is 5.32 Å². The predicted octanol–water partition coefficient (Wildman–Crippen LogP) is 4.15. The maximum absolute atomic E-state index is 13.1. The number of nitrogens with zero attached hydrogens (tertiary/aromatic N) is 3. The summed E-state index contributed by atoms with van der Waals surface area (Å²) in [7, 11) is 0. The molecular weight excluding hydrogens is 364 g/mol. The normalized spacial score (nSPS) is 11.1. The smallest absolute Gasteiger partial charge is 0.319 e. The number of aromatic nitrogens is 2. The molecule has 9 heteroatoms. The molecule has 5 nitrogen and oxygen atoms in total. The Labute approximate surface area is 150 Å². The molecule has 1 heterocycles. The fourth-order valence-electron chi connectivity index (χ4n) is 2.32.